The van der Waals surface area contributed by atoms with E-state index in [1.54, 1.807) is 29.3 Å². The van der Waals surface area contributed by atoms with E-state index in [9.17, 15) is 35.9 Å². The molecule has 44 heavy (non-hydrogen) atoms. The van der Waals surface area contributed by atoms with E-state index in [1.807, 2.05) is 11.4 Å². The summed E-state index contributed by atoms with van der Waals surface area (Å²) in [5.41, 5.74) is 3.48. The highest BCUT2D eigenvalue weighted by molar-refractivity contribution is 5.92. The number of rotatable bonds is 9. The van der Waals surface area contributed by atoms with Gasteiger partial charge in [-0.15, -0.1) is 0 Å². The largest absolute Gasteiger partial charge is 0.477 e. The lowest BCUT2D eigenvalue weighted by Gasteiger charge is -2.27. The smallest absolute Gasteiger partial charge is 0.413 e. The van der Waals surface area contributed by atoms with Gasteiger partial charge < -0.3 is 25.8 Å². The van der Waals surface area contributed by atoms with Crippen LogP contribution >= 0.6 is 0 Å². The van der Waals surface area contributed by atoms with Crippen molar-refractivity contribution in [3.63, 3.8) is 0 Å². The Hall–Kier alpha value is -4.16. The van der Waals surface area contributed by atoms with Crippen molar-refractivity contribution in [3.8, 4) is 5.88 Å². The van der Waals surface area contributed by atoms with E-state index in [-0.39, 0.29) is 18.0 Å². The molecule has 246 valence electrons. The monoisotopic (exact) mass is 640 g/mol. The number of hydrogen-bond donors (Lipinski definition) is 3. The quantitative estimate of drug-likeness (QED) is 0.296. The summed E-state index contributed by atoms with van der Waals surface area (Å²) in [6.45, 7) is 3.61. The normalized spacial score (nSPS) is 16.8. The maximum absolute atomic E-state index is 12.8. The molecule has 3 amide bonds. The molecule has 3 aromatic heterocycles. The molecule has 0 bridgehead atoms. The third-order valence-electron chi connectivity index (χ3n) is 6.53. The van der Waals surface area contributed by atoms with E-state index >= 15 is 0 Å². The minimum atomic E-state index is -4.40. The first-order valence-electron chi connectivity index (χ1n) is 13.0. The van der Waals surface area contributed by atoms with Crippen LogP contribution in [0.25, 0.3) is 5.65 Å². The van der Waals surface area contributed by atoms with Crippen LogP contribution in [0, 0.1) is 5.41 Å². The van der Waals surface area contributed by atoms with Crippen molar-refractivity contribution in [1.82, 2.24) is 35.5 Å². The standard InChI is InChI=1S/C16H22F3N3O.C5H7F3N2O.C4H5N3O3/c1-15(2,16(17,18)19)7-4-5-13-11-22-14(21-13)9-12(10-20-22)6-8-23-3;1-4(5(6,7)8)2-9-3(11)10-4;1-9-4-2(3(5)8)6-10-7-4/h9-11H,4-8H2,1-3H3;2H2,1H3,(H2,9,10,11);1H3,(H2,5,8)/t;4-;/m.0./s1. The zero-order valence-electron chi connectivity index (χ0n) is 24.6. The second kappa shape index (κ2) is 14.5. The number of primary amides is 1. The van der Waals surface area contributed by atoms with Crippen molar-refractivity contribution in [2.24, 2.45) is 11.1 Å². The Morgan fingerprint density at radius 2 is 1.84 bits per heavy atom. The second-order valence-corrected chi connectivity index (χ2v) is 10.5. The summed E-state index contributed by atoms with van der Waals surface area (Å²) in [5.74, 6) is -0.717. The summed E-state index contributed by atoms with van der Waals surface area (Å²) in [6, 6.07) is 1.15. The van der Waals surface area contributed by atoms with Crippen LogP contribution in [0.4, 0.5) is 31.1 Å². The Labute approximate surface area is 247 Å². The number of carbonyl (C=O) groups excluding carboxylic acids is 2. The molecule has 4 heterocycles. The van der Waals surface area contributed by atoms with Crippen LogP contribution in [0.2, 0.25) is 0 Å². The lowest BCUT2D eigenvalue weighted by molar-refractivity contribution is -0.213. The molecule has 1 atom stereocenters. The molecule has 0 saturated carbocycles. The summed E-state index contributed by atoms with van der Waals surface area (Å²) >= 11 is 0. The van der Waals surface area contributed by atoms with Crippen molar-refractivity contribution in [2.45, 2.75) is 64.3 Å². The van der Waals surface area contributed by atoms with E-state index in [2.05, 4.69) is 29.8 Å². The van der Waals surface area contributed by atoms with Gasteiger partial charge in [0.2, 0.25) is 5.69 Å². The number of imidazole rings is 1. The molecule has 1 aliphatic rings. The van der Waals surface area contributed by atoms with Gasteiger partial charge >= 0.3 is 18.4 Å². The first-order chi connectivity index (χ1) is 20.3. The van der Waals surface area contributed by atoms with Gasteiger partial charge in [0, 0.05) is 7.11 Å². The van der Waals surface area contributed by atoms with Gasteiger partial charge in [-0.25, -0.2) is 18.9 Å². The van der Waals surface area contributed by atoms with Gasteiger partial charge in [-0.1, -0.05) is 13.8 Å². The van der Waals surface area contributed by atoms with Crippen LogP contribution in [0.1, 0.15) is 55.4 Å². The van der Waals surface area contributed by atoms with Gasteiger partial charge in [-0.05, 0) is 54.6 Å². The van der Waals surface area contributed by atoms with Gasteiger partial charge in [0.05, 0.1) is 43.8 Å². The Morgan fingerprint density at radius 1 is 1.16 bits per heavy atom. The van der Waals surface area contributed by atoms with Crippen molar-refractivity contribution in [3.05, 3.63) is 35.4 Å². The average Bonchev–Trinajstić information content (AvgIpc) is 3.65. The van der Waals surface area contributed by atoms with Crippen LogP contribution in [-0.4, -0.2) is 82.1 Å². The maximum Gasteiger partial charge on any atom is 0.413 e. The van der Waals surface area contributed by atoms with E-state index in [1.165, 1.54) is 21.0 Å². The highest BCUT2D eigenvalue weighted by Crippen LogP contribution is 2.41. The number of nitrogens with one attached hydrogen (secondary N) is 2. The fraction of sp³-hybridized carbons (Fsp3) is 0.600. The predicted octanol–water partition coefficient (Wildman–Crippen LogP) is 3.63. The number of hydrogen-bond acceptors (Lipinski definition) is 9. The Bertz CT molecular complexity index is 1390. The van der Waals surface area contributed by atoms with Crippen LogP contribution in [-0.2, 0) is 17.6 Å². The summed E-state index contributed by atoms with van der Waals surface area (Å²) < 4.78 is 90.1. The number of carbonyl (C=O) groups is 2. The third kappa shape index (κ3) is 9.68. The summed E-state index contributed by atoms with van der Waals surface area (Å²) in [6.07, 6.45) is -3.27. The van der Waals surface area contributed by atoms with Crippen molar-refractivity contribution in [1.29, 1.82) is 0 Å². The van der Waals surface area contributed by atoms with Crippen molar-refractivity contribution < 1.29 is 50.0 Å². The predicted molar refractivity (Wildman–Crippen MR) is 142 cm³/mol. The Balaban J connectivity index is 0.000000266. The molecule has 1 saturated heterocycles. The van der Waals surface area contributed by atoms with Crippen molar-refractivity contribution >= 4 is 17.6 Å². The molecule has 0 aliphatic carbocycles. The first-order valence-corrected chi connectivity index (χ1v) is 13.0. The Morgan fingerprint density at radius 3 is 2.32 bits per heavy atom. The van der Waals surface area contributed by atoms with E-state index in [4.69, 9.17) is 10.5 Å². The number of fused-ring (bicyclic) bond motifs is 1. The molecule has 1 aliphatic heterocycles. The topological polar surface area (TPSA) is 172 Å². The molecular weight excluding hydrogens is 606 g/mol. The van der Waals surface area contributed by atoms with E-state index in [0.717, 1.165) is 24.6 Å². The molecule has 13 nitrogen and oxygen atoms in total. The molecule has 0 radical (unpaired) electrons. The molecule has 3 aromatic rings. The minimum absolute atomic E-state index is 0.00694. The zero-order valence-corrected chi connectivity index (χ0v) is 24.6. The second-order valence-electron chi connectivity index (χ2n) is 10.5. The fourth-order valence-corrected chi connectivity index (χ4v) is 3.53. The van der Waals surface area contributed by atoms with Gasteiger partial charge in [0.25, 0.3) is 11.8 Å². The number of ether oxygens (including phenoxy) is 2. The van der Waals surface area contributed by atoms with Crippen LogP contribution in [0.15, 0.2) is 23.1 Å². The number of aromatic nitrogens is 5. The van der Waals surface area contributed by atoms with Crippen LogP contribution in [0.3, 0.4) is 0 Å². The number of nitrogens with zero attached hydrogens (tertiary/aromatic N) is 5. The maximum atomic E-state index is 12.8. The number of alkyl halides is 6. The Kier molecular flexibility index (Phi) is 11.9. The number of methoxy groups -OCH3 is 2. The molecule has 0 aromatic carbocycles. The van der Waals surface area contributed by atoms with Crippen LogP contribution < -0.4 is 21.1 Å². The van der Waals surface area contributed by atoms with Gasteiger partial charge in [-0.3, -0.25) is 4.79 Å². The number of urea groups is 1. The minimum Gasteiger partial charge on any atom is -0.477 e. The highest BCUT2D eigenvalue weighted by atomic mass is 19.4. The molecule has 0 unspecified atom stereocenters. The van der Waals surface area contributed by atoms with Gasteiger partial charge in [0.15, 0.2) is 11.2 Å². The molecule has 0 spiro atoms. The van der Waals surface area contributed by atoms with Gasteiger partial charge in [0.1, 0.15) is 0 Å². The molecule has 1 fully saturated rings. The molecule has 19 heteroatoms. The first kappa shape index (κ1) is 36.0. The van der Waals surface area contributed by atoms with E-state index in [0.29, 0.717) is 25.1 Å². The number of amides is 3. The number of nitrogens with two attached hydrogens (primary N) is 1. The lowest BCUT2D eigenvalue weighted by Crippen LogP contribution is -2.53. The average molecular weight is 641 g/mol. The lowest BCUT2D eigenvalue weighted by atomic mass is 9.86. The molecular formula is C25H34F6N8O5. The molecule has 4 N–H and O–H groups in total. The van der Waals surface area contributed by atoms with Crippen molar-refractivity contribution in [2.75, 3.05) is 27.4 Å². The highest BCUT2D eigenvalue weighted by Gasteiger charge is 2.55. The molecule has 4 rings (SSSR count). The fourth-order valence-electron chi connectivity index (χ4n) is 3.53. The summed E-state index contributed by atoms with van der Waals surface area (Å²) in [5, 5.41) is 14.6. The SMILES string of the molecule is COCCc1cnn2cc(CCCC(C)(C)C(F)(F)F)nc2c1.COc1nonc1C(N)=O.C[C@@]1(C(F)(F)F)CNC(=O)N1. The van der Waals surface area contributed by atoms with Gasteiger partial charge in [-0.2, -0.15) is 31.4 Å². The number of halogens is 6. The zero-order chi connectivity index (χ0) is 33.3. The summed E-state index contributed by atoms with van der Waals surface area (Å²) in [4.78, 5) is 25.2. The van der Waals surface area contributed by atoms with E-state index < -0.39 is 41.8 Å². The third-order valence-corrected chi connectivity index (χ3v) is 6.53. The van der Waals surface area contributed by atoms with Crippen LogP contribution in [0.5, 0.6) is 5.88 Å². The summed E-state index contributed by atoms with van der Waals surface area (Å²) in [7, 11) is 2.98. The number of aryl methyl sites for hydroxylation is 1.